The third kappa shape index (κ3) is 2.70. The average molecular weight is 333 g/mol. The van der Waals surface area contributed by atoms with E-state index in [1.807, 2.05) is 0 Å². The fourth-order valence-corrected chi connectivity index (χ4v) is 3.40. The van der Waals surface area contributed by atoms with E-state index < -0.39 is 0 Å². The molecule has 106 valence electrons. The van der Waals surface area contributed by atoms with E-state index in [1.165, 1.54) is 22.9 Å². The Morgan fingerprint density at radius 1 is 1.20 bits per heavy atom. The van der Waals surface area contributed by atoms with E-state index in [-0.39, 0.29) is 0 Å². The fourth-order valence-electron chi connectivity index (χ4n) is 3.02. The monoisotopic (exact) mass is 332 g/mol. The molecule has 2 aromatic carbocycles. The summed E-state index contributed by atoms with van der Waals surface area (Å²) in [4.78, 5) is 2.56. The van der Waals surface area contributed by atoms with Crippen molar-refractivity contribution in [3.8, 4) is 0 Å². The fraction of sp³-hybridized carbons (Fsp3) is 0.412. The summed E-state index contributed by atoms with van der Waals surface area (Å²) in [7, 11) is 0. The molecule has 2 nitrogen and oxygen atoms in total. The van der Waals surface area contributed by atoms with Gasteiger partial charge in [0.05, 0.1) is 0 Å². The molecule has 1 saturated heterocycles. The van der Waals surface area contributed by atoms with E-state index in [0.717, 1.165) is 17.6 Å². The summed E-state index contributed by atoms with van der Waals surface area (Å²) in [5.74, 6) is 0. The normalized spacial score (nSPS) is 23.2. The lowest BCUT2D eigenvalue weighted by Crippen LogP contribution is -2.55. The number of fused-ring (bicyclic) bond motifs is 1. The van der Waals surface area contributed by atoms with Crippen LogP contribution in [-0.4, -0.2) is 25.2 Å². The highest BCUT2D eigenvalue weighted by molar-refractivity contribution is 9.10. The molecule has 20 heavy (non-hydrogen) atoms. The second-order valence-corrected chi connectivity index (χ2v) is 6.62. The van der Waals surface area contributed by atoms with Gasteiger partial charge >= 0.3 is 0 Å². The molecule has 1 fully saturated rings. The molecule has 0 saturated carbocycles. The second-order valence-electron chi connectivity index (χ2n) is 5.70. The second kappa shape index (κ2) is 5.74. The minimum Gasteiger partial charge on any atom is -0.366 e. The maximum absolute atomic E-state index is 3.58. The summed E-state index contributed by atoms with van der Waals surface area (Å²) in [6, 6.07) is 14.4. The Balaban J connectivity index is 1.97. The lowest BCUT2D eigenvalue weighted by molar-refractivity contribution is 0.402. The van der Waals surface area contributed by atoms with Gasteiger partial charge in [-0.15, -0.1) is 0 Å². The van der Waals surface area contributed by atoms with Crippen molar-refractivity contribution in [2.24, 2.45) is 0 Å². The SMILES string of the molecule is CCC1CNC(C)CN1c1ccc2cc(Br)ccc2c1. The summed E-state index contributed by atoms with van der Waals surface area (Å²) in [5.41, 5.74) is 1.35. The van der Waals surface area contributed by atoms with Crippen LogP contribution in [0.25, 0.3) is 10.8 Å². The van der Waals surface area contributed by atoms with Crippen molar-refractivity contribution < 1.29 is 0 Å². The van der Waals surface area contributed by atoms with Crippen LogP contribution in [0, 0.1) is 0 Å². The molecular formula is C17H21BrN2. The molecular weight excluding hydrogens is 312 g/mol. The zero-order valence-corrected chi connectivity index (χ0v) is 13.7. The van der Waals surface area contributed by atoms with Crippen LogP contribution in [-0.2, 0) is 0 Å². The lowest BCUT2D eigenvalue weighted by atomic mass is 10.0. The first-order valence-corrected chi connectivity index (χ1v) is 8.16. The van der Waals surface area contributed by atoms with Crippen molar-refractivity contribution in [1.82, 2.24) is 5.32 Å². The summed E-state index contributed by atoms with van der Waals surface area (Å²) in [6.07, 6.45) is 1.18. The zero-order chi connectivity index (χ0) is 14.1. The summed E-state index contributed by atoms with van der Waals surface area (Å²) in [5, 5.41) is 6.18. The van der Waals surface area contributed by atoms with E-state index in [0.29, 0.717) is 12.1 Å². The molecule has 1 aliphatic rings. The van der Waals surface area contributed by atoms with Gasteiger partial charge in [0.1, 0.15) is 0 Å². The maximum atomic E-state index is 3.58. The van der Waals surface area contributed by atoms with Gasteiger partial charge in [0, 0.05) is 35.3 Å². The molecule has 0 radical (unpaired) electrons. The Morgan fingerprint density at radius 2 is 1.95 bits per heavy atom. The number of nitrogens with one attached hydrogen (secondary N) is 1. The Kier molecular flexibility index (Phi) is 3.99. The average Bonchev–Trinajstić information content (AvgIpc) is 2.46. The number of nitrogens with zero attached hydrogens (tertiary/aromatic N) is 1. The van der Waals surface area contributed by atoms with E-state index in [1.54, 1.807) is 0 Å². The molecule has 0 spiro atoms. The highest BCUT2D eigenvalue weighted by atomic mass is 79.9. The largest absolute Gasteiger partial charge is 0.366 e. The molecule has 3 heteroatoms. The number of hydrogen-bond acceptors (Lipinski definition) is 2. The van der Waals surface area contributed by atoms with Gasteiger partial charge in [-0.3, -0.25) is 0 Å². The third-order valence-corrected chi connectivity index (χ3v) is 4.70. The molecule has 2 atom stereocenters. The standard InChI is InChI=1S/C17H21BrN2/c1-3-16-10-19-12(2)11-20(16)17-7-5-13-8-15(18)6-4-14(13)9-17/h4-9,12,16,19H,3,10-11H2,1-2H3. The van der Waals surface area contributed by atoms with Gasteiger partial charge in [0.2, 0.25) is 0 Å². The summed E-state index contributed by atoms with van der Waals surface area (Å²) < 4.78 is 1.14. The lowest BCUT2D eigenvalue weighted by Gasteiger charge is -2.40. The quantitative estimate of drug-likeness (QED) is 0.887. The van der Waals surface area contributed by atoms with Crippen LogP contribution in [0.15, 0.2) is 40.9 Å². The van der Waals surface area contributed by atoms with Gasteiger partial charge in [0.15, 0.2) is 0 Å². The predicted octanol–water partition coefficient (Wildman–Crippen LogP) is 4.18. The van der Waals surface area contributed by atoms with Crippen LogP contribution in [0.3, 0.4) is 0 Å². The Bertz CT molecular complexity index is 611. The number of benzene rings is 2. The van der Waals surface area contributed by atoms with Crippen LogP contribution in [0.1, 0.15) is 20.3 Å². The van der Waals surface area contributed by atoms with Gasteiger partial charge in [-0.1, -0.05) is 35.0 Å². The maximum Gasteiger partial charge on any atom is 0.0412 e. The van der Waals surface area contributed by atoms with Gasteiger partial charge in [0.25, 0.3) is 0 Å². The van der Waals surface area contributed by atoms with Crippen molar-refractivity contribution in [3.05, 3.63) is 40.9 Å². The molecule has 1 N–H and O–H groups in total. The van der Waals surface area contributed by atoms with Gasteiger partial charge < -0.3 is 10.2 Å². The number of anilines is 1. The first-order chi connectivity index (χ1) is 9.67. The number of hydrogen-bond donors (Lipinski definition) is 1. The first-order valence-electron chi connectivity index (χ1n) is 7.36. The summed E-state index contributed by atoms with van der Waals surface area (Å²) in [6.45, 7) is 6.70. The minimum atomic E-state index is 0.554. The van der Waals surface area contributed by atoms with E-state index in [4.69, 9.17) is 0 Å². The molecule has 3 rings (SSSR count). The van der Waals surface area contributed by atoms with Crippen molar-refractivity contribution >= 4 is 32.4 Å². The van der Waals surface area contributed by atoms with Crippen LogP contribution in [0.5, 0.6) is 0 Å². The number of halogens is 1. The van der Waals surface area contributed by atoms with E-state index >= 15 is 0 Å². The molecule has 0 aliphatic carbocycles. The first kappa shape index (κ1) is 13.9. The van der Waals surface area contributed by atoms with Gasteiger partial charge in [-0.25, -0.2) is 0 Å². The molecule has 2 unspecified atom stereocenters. The van der Waals surface area contributed by atoms with Crippen molar-refractivity contribution in [1.29, 1.82) is 0 Å². The highest BCUT2D eigenvalue weighted by Gasteiger charge is 2.24. The molecule has 0 aromatic heterocycles. The number of rotatable bonds is 2. The zero-order valence-electron chi connectivity index (χ0n) is 12.1. The Labute approximate surface area is 129 Å². The van der Waals surface area contributed by atoms with E-state index in [9.17, 15) is 0 Å². The molecule has 1 heterocycles. The van der Waals surface area contributed by atoms with Crippen molar-refractivity contribution in [3.63, 3.8) is 0 Å². The van der Waals surface area contributed by atoms with Gasteiger partial charge in [-0.2, -0.15) is 0 Å². The Morgan fingerprint density at radius 3 is 2.75 bits per heavy atom. The molecule has 2 aromatic rings. The topological polar surface area (TPSA) is 15.3 Å². The van der Waals surface area contributed by atoms with E-state index in [2.05, 4.69) is 76.4 Å². The molecule has 0 amide bonds. The highest BCUT2D eigenvalue weighted by Crippen LogP contribution is 2.27. The number of piperazine rings is 1. The third-order valence-electron chi connectivity index (χ3n) is 4.20. The van der Waals surface area contributed by atoms with Gasteiger partial charge in [-0.05, 0) is 48.4 Å². The van der Waals surface area contributed by atoms with Crippen LogP contribution in [0.4, 0.5) is 5.69 Å². The summed E-state index contributed by atoms with van der Waals surface area (Å²) >= 11 is 3.54. The Hall–Kier alpha value is -1.06. The smallest absolute Gasteiger partial charge is 0.0412 e. The van der Waals surface area contributed by atoms with Crippen molar-refractivity contribution in [2.75, 3.05) is 18.0 Å². The minimum absolute atomic E-state index is 0.554. The van der Waals surface area contributed by atoms with Crippen molar-refractivity contribution in [2.45, 2.75) is 32.4 Å². The van der Waals surface area contributed by atoms with Crippen LogP contribution >= 0.6 is 15.9 Å². The van der Waals surface area contributed by atoms with Crippen LogP contribution in [0.2, 0.25) is 0 Å². The molecule has 1 aliphatic heterocycles. The molecule has 0 bridgehead atoms. The van der Waals surface area contributed by atoms with Crippen LogP contribution < -0.4 is 10.2 Å². The predicted molar refractivity (Wildman–Crippen MR) is 90.5 cm³/mol.